The maximum atomic E-state index is 10.0. The summed E-state index contributed by atoms with van der Waals surface area (Å²) in [5.41, 5.74) is 11.4. The molecule has 0 fully saturated rings. The molecule has 9 aromatic rings. The van der Waals surface area contributed by atoms with Gasteiger partial charge in [-0.05, 0) is 34.5 Å². The van der Waals surface area contributed by atoms with Gasteiger partial charge in [0.15, 0.2) is 0 Å². The topological polar surface area (TPSA) is 68.6 Å². The molecule has 0 N–H and O–H groups in total. The molecule has 0 saturated heterocycles. The van der Waals surface area contributed by atoms with E-state index in [-0.39, 0.29) is 21.1 Å². The first-order valence-corrected chi connectivity index (χ1v) is 15.8. The van der Waals surface area contributed by atoms with E-state index in [1.54, 1.807) is 6.20 Å². The molecule has 6 aromatic carbocycles. The maximum Gasteiger partial charge on any atom is 2.00 e. The van der Waals surface area contributed by atoms with Crippen LogP contribution in [0.15, 0.2) is 152 Å². The van der Waals surface area contributed by atoms with Gasteiger partial charge < -0.3 is 4.98 Å². The average Bonchev–Trinajstić information content (AvgIpc) is 3.74. The first kappa shape index (κ1) is 30.3. The van der Waals surface area contributed by atoms with Gasteiger partial charge in [0, 0.05) is 28.7 Å². The summed E-state index contributed by atoms with van der Waals surface area (Å²) in [5, 5.41) is 12.3. The summed E-state index contributed by atoms with van der Waals surface area (Å²) in [4.78, 5) is 15.2. The van der Waals surface area contributed by atoms with E-state index in [0.29, 0.717) is 11.3 Å². The third-order valence-corrected chi connectivity index (χ3v) is 8.87. The average molecular weight is 807 g/mol. The van der Waals surface area contributed by atoms with Crippen molar-refractivity contribution in [3.63, 3.8) is 0 Å². The van der Waals surface area contributed by atoms with E-state index in [9.17, 15) is 5.26 Å². The molecule has 5 nitrogen and oxygen atoms in total. The first-order valence-electron chi connectivity index (χ1n) is 15.8. The van der Waals surface area contributed by atoms with Gasteiger partial charge >= 0.3 is 21.1 Å². The van der Waals surface area contributed by atoms with E-state index in [1.807, 2.05) is 72.8 Å². The van der Waals surface area contributed by atoms with Crippen molar-refractivity contribution in [2.75, 3.05) is 0 Å². The van der Waals surface area contributed by atoms with Crippen molar-refractivity contribution >= 4 is 32.8 Å². The quantitative estimate of drug-likeness (QED) is 0.163. The molecule has 0 aliphatic rings. The molecule has 0 spiro atoms. The van der Waals surface area contributed by atoms with Gasteiger partial charge in [-0.2, -0.15) is 5.26 Å². The van der Waals surface area contributed by atoms with Crippen molar-refractivity contribution in [3.8, 4) is 56.7 Å². The van der Waals surface area contributed by atoms with Gasteiger partial charge in [0.2, 0.25) is 0 Å². The number of nitrogens with zero attached hydrogens (tertiary/aromatic N) is 5. The molecule has 6 heteroatoms. The Balaban J connectivity index is 0.00000348. The predicted octanol–water partition coefficient (Wildman–Crippen LogP) is 10.0. The molecule has 49 heavy (non-hydrogen) atoms. The number of fused-ring (bicyclic) bond motifs is 4. The number of nitriles is 1. The summed E-state index contributed by atoms with van der Waals surface area (Å²) in [6.07, 6.45) is 1.78. The van der Waals surface area contributed by atoms with Gasteiger partial charge in [-0.1, -0.05) is 120 Å². The smallest absolute Gasteiger partial charge is 0.656 e. The van der Waals surface area contributed by atoms with Gasteiger partial charge in [-0.3, -0.25) is 9.55 Å². The number of hydrogen-bond acceptors (Lipinski definition) is 3. The van der Waals surface area contributed by atoms with E-state index >= 15 is 0 Å². The van der Waals surface area contributed by atoms with Crippen LogP contribution in [-0.2, 0) is 21.1 Å². The van der Waals surface area contributed by atoms with Crippen LogP contribution >= 0.6 is 0 Å². The minimum atomic E-state index is 0. The van der Waals surface area contributed by atoms with Crippen LogP contribution in [0.4, 0.5) is 0 Å². The van der Waals surface area contributed by atoms with Gasteiger partial charge in [-0.25, -0.2) is 4.98 Å². The molecule has 0 bridgehead atoms. The standard InChI is InChI=1S/C43H25N5.Pt/c44-26-31-25-39(45-27-37(31)28-12-3-1-4-13-28)30-15-9-14-29(24-30)33-19-11-23-40-42(33)47-43(48(40)32-16-5-2-6-17-32)36-21-10-20-35-34-18-7-8-22-38(34)46-41(35)36;/h1-23,25,27H;/q-2;+2. The predicted molar refractivity (Wildman–Crippen MR) is 192 cm³/mol. The Hall–Kier alpha value is -6.08. The van der Waals surface area contributed by atoms with Gasteiger partial charge in [-0.15, -0.1) is 40.9 Å². The number of aromatic nitrogens is 4. The molecule has 0 radical (unpaired) electrons. The molecule has 0 saturated carbocycles. The minimum Gasteiger partial charge on any atom is -0.656 e. The fourth-order valence-corrected chi connectivity index (χ4v) is 6.64. The second kappa shape index (κ2) is 12.5. The van der Waals surface area contributed by atoms with Crippen molar-refractivity contribution in [3.05, 3.63) is 163 Å². The van der Waals surface area contributed by atoms with Crippen LogP contribution in [0.5, 0.6) is 0 Å². The Morgan fingerprint density at radius 3 is 2.18 bits per heavy atom. The van der Waals surface area contributed by atoms with E-state index in [0.717, 1.165) is 77.7 Å². The molecule has 0 aliphatic heterocycles. The zero-order valence-corrected chi connectivity index (χ0v) is 28.3. The van der Waals surface area contributed by atoms with Crippen LogP contribution in [0, 0.1) is 17.4 Å². The maximum absolute atomic E-state index is 10.0. The molecular weight excluding hydrogens is 782 g/mol. The third-order valence-electron chi connectivity index (χ3n) is 8.87. The first-order chi connectivity index (χ1) is 23.8. The number of benzene rings is 6. The minimum absolute atomic E-state index is 0. The number of rotatable bonds is 5. The van der Waals surface area contributed by atoms with Crippen molar-refractivity contribution in [2.45, 2.75) is 0 Å². The normalized spacial score (nSPS) is 11.1. The van der Waals surface area contributed by atoms with Gasteiger partial charge in [0.25, 0.3) is 0 Å². The molecule has 3 aromatic heterocycles. The second-order valence-electron chi connectivity index (χ2n) is 11.7. The fraction of sp³-hybridized carbons (Fsp3) is 0. The monoisotopic (exact) mass is 806 g/mol. The van der Waals surface area contributed by atoms with E-state index < -0.39 is 0 Å². The van der Waals surface area contributed by atoms with Crippen LogP contribution in [0.3, 0.4) is 0 Å². The molecule has 232 valence electrons. The van der Waals surface area contributed by atoms with Crippen molar-refractivity contribution in [2.24, 2.45) is 0 Å². The number of pyridine rings is 1. The van der Waals surface area contributed by atoms with Crippen molar-refractivity contribution in [1.82, 2.24) is 19.5 Å². The molecule has 3 heterocycles. The molecule has 9 rings (SSSR count). The largest absolute Gasteiger partial charge is 2.00 e. The van der Waals surface area contributed by atoms with E-state index in [4.69, 9.17) is 15.0 Å². The number of imidazole rings is 1. The summed E-state index contributed by atoms with van der Waals surface area (Å²) in [5.74, 6) is 0.824. The number of hydrogen-bond donors (Lipinski definition) is 0. The van der Waals surface area contributed by atoms with Crippen LogP contribution in [0.25, 0.3) is 83.4 Å². The van der Waals surface area contributed by atoms with E-state index in [2.05, 4.69) is 89.5 Å². The fourth-order valence-electron chi connectivity index (χ4n) is 6.64. The van der Waals surface area contributed by atoms with E-state index in [1.165, 1.54) is 0 Å². The Labute approximate surface area is 297 Å². The molecule has 0 aliphatic carbocycles. The Morgan fingerprint density at radius 1 is 0.653 bits per heavy atom. The molecule has 0 atom stereocenters. The van der Waals surface area contributed by atoms with Crippen LogP contribution in [0.1, 0.15) is 5.56 Å². The Morgan fingerprint density at radius 2 is 1.35 bits per heavy atom. The van der Waals surface area contributed by atoms with Crippen molar-refractivity contribution in [1.29, 1.82) is 5.26 Å². The summed E-state index contributed by atoms with van der Waals surface area (Å²) in [7, 11) is 0. The molecular formula is C43H25N5Pt. The summed E-state index contributed by atoms with van der Waals surface area (Å²) in [6.45, 7) is 0. The third kappa shape index (κ3) is 5.15. The summed E-state index contributed by atoms with van der Waals surface area (Å²) >= 11 is 0. The van der Waals surface area contributed by atoms with Gasteiger partial charge in [0.05, 0.1) is 22.7 Å². The SMILES string of the molecule is N#Cc1cc(-c2[c-]c(-c3cccc4c3nc(-c3cccc5c3[n-]c3ccccc35)n4-c3ccccc3)ccc2)ncc1-c1ccccc1.[Pt+2]. The molecule has 0 amide bonds. The van der Waals surface area contributed by atoms with Crippen LogP contribution in [0.2, 0.25) is 0 Å². The van der Waals surface area contributed by atoms with Crippen LogP contribution in [-0.4, -0.2) is 14.5 Å². The van der Waals surface area contributed by atoms with Crippen LogP contribution < -0.4 is 4.98 Å². The zero-order valence-electron chi connectivity index (χ0n) is 26.0. The Kier molecular flexibility index (Phi) is 7.72. The second-order valence-corrected chi connectivity index (χ2v) is 11.7. The molecule has 0 unspecified atom stereocenters. The summed E-state index contributed by atoms with van der Waals surface area (Å²) < 4.78 is 2.22. The zero-order chi connectivity index (χ0) is 32.0. The van der Waals surface area contributed by atoms with Gasteiger partial charge in [0.1, 0.15) is 5.82 Å². The summed E-state index contributed by atoms with van der Waals surface area (Å²) in [6, 6.07) is 54.9. The Bertz CT molecular complexity index is 2680. The van der Waals surface area contributed by atoms with Crippen molar-refractivity contribution < 1.29 is 21.1 Å². The number of para-hydroxylation sites is 4.